The molecule has 0 fully saturated rings. The van der Waals surface area contributed by atoms with Crippen molar-refractivity contribution in [3.8, 4) is 0 Å². The summed E-state index contributed by atoms with van der Waals surface area (Å²) in [7, 11) is 1.46. The zero-order valence-corrected chi connectivity index (χ0v) is 5.72. The summed E-state index contributed by atoms with van der Waals surface area (Å²) in [6.07, 6.45) is 0.604. The molecule has 2 amide bonds. The smallest absolute Gasteiger partial charge is 0.316 e. The maximum Gasteiger partial charge on any atom is 0.316 e. The fraction of sp³-hybridized carbons (Fsp3) is 0.600. The van der Waals surface area contributed by atoms with Crippen LogP contribution in [0.3, 0.4) is 0 Å². The van der Waals surface area contributed by atoms with E-state index in [1.54, 1.807) is 0 Å². The van der Waals surface area contributed by atoms with Crippen LogP contribution >= 0.6 is 0 Å². The van der Waals surface area contributed by atoms with Gasteiger partial charge in [-0.1, -0.05) is 0 Å². The predicted molar refractivity (Wildman–Crippen MR) is 34.5 cm³/mol. The van der Waals surface area contributed by atoms with Gasteiger partial charge in [0, 0.05) is 7.11 Å². The van der Waals surface area contributed by atoms with Crippen LogP contribution < -0.4 is 10.6 Å². The normalized spacial score (nSPS) is 8.50. The van der Waals surface area contributed by atoms with Gasteiger partial charge in [-0.2, -0.15) is 0 Å². The van der Waals surface area contributed by atoms with Gasteiger partial charge in [0.05, 0.1) is 6.54 Å². The molecule has 2 N–H and O–H groups in total. The lowest BCUT2D eigenvalue weighted by atomic mass is 10.7. The lowest BCUT2D eigenvalue weighted by Gasteiger charge is -2.02. The number of carbonyl (C=O) groups excluding carboxylic acids is 2. The fourth-order valence-corrected chi connectivity index (χ4v) is 0.335. The van der Waals surface area contributed by atoms with Gasteiger partial charge in [0.2, 0.25) is 0 Å². The zero-order chi connectivity index (χ0) is 7.82. The molecule has 0 atom stereocenters. The van der Waals surface area contributed by atoms with Crippen molar-refractivity contribution in [3.05, 3.63) is 0 Å². The Morgan fingerprint density at radius 2 is 2.30 bits per heavy atom. The standard InChI is InChI=1S/C5H10N2O3/c1-10-4-7-5(9)6-2-3-8/h3H,2,4H2,1H3,(H2,6,7,9). The number of hydrogen-bond acceptors (Lipinski definition) is 3. The Kier molecular flexibility index (Phi) is 5.36. The number of methoxy groups -OCH3 is 1. The lowest BCUT2D eigenvalue weighted by molar-refractivity contribution is -0.107. The first-order chi connectivity index (χ1) is 4.81. The molecule has 0 aromatic rings. The number of ether oxygens (including phenoxy) is 1. The minimum absolute atomic E-state index is 0.0234. The summed E-state index contributed by atoms with van der Waals surface area (Å²) in [6.45, 7) is 0.167. The van der Waals surface area contributed by atoms with Crippen molar-refractivity contribution in [2.45, 2.75) is 0 Å². The molecule has 0 radical (unpaired) electrons. The molecule has 10 heavy (non-hydrogen) atoms. The highest BCUT2D eigenvalue weighted by molar-refractivity contribution is 5.76. The van der Waals surface area contributed by atoms with Crippen LogP contribution in [-0.4, -0.2) is 32.7 Å². The summed E-state index contributed by atoms with van der Waals surface area (Å²) in [6, 6.07) is -0.408. The molecule has 58 valence electrons. The number of urea groups is 1. The summed E-state index contributed by atoms with van der Waals surface area (Å²) >= 11 is 0. The highest BCUT2D eigenvalue weighted by Gasteiger charge is 1.94. The maximum absolute atomic E-state index is 10.5. The van der Waals surface area contributed by atoms with Gasteiger partial charge in [0.15, 0.2) is 0 Å². The van der Waals surface area contributed by atoms with Crippen LogP contribution in [0.4, 0.5) is 4.79 Å². The summed E-state index contributed by atoms with van der Waals surface area (Å²) in [5.74, 6) is 0. The van der Waals surface area contributed by atoms with E-state index in [2.05, 4.69) is 15.4 Å². The van der Waals surface area contributed by atoms with Crippen molar-refractivity contribution >= 4 is 12.3 Å². The van der Waals surface area contributed by atoms with Crippen molar-refractivity contribution < 1.29 is 14.3 Å². The largest absolute Gasteiger partial charge is 0.364 e. The molecule has 0 aromatic carbocycles. The van der Waals surface area contributed by atoms with E-state index in [0.29, 0.717) is 6.29 Å². The Hall–Kier alpha value is -1.10. The molecule has 5 heteroatoms. The van der Waals surface area contributed by atoms with Crippen molar-refractivity contribution in [1.29, 1.82) is 0 Å². The third-order valence-corrected chi connectivity index (χ3v) is 0.723. The van der Waals surface area contributed by atoms with Crippen molar-refractivity contribution in [2.24, 2.45) is 0 Å². The fourth-order valence-electron chi connectivity index (χ4n) is 0.335. The Morgan fingerprint density at radius 3 is 2.80 bits per heavy atom. The Bertz CT molecular complexity index is 115. The summed E-state index contributed by atoms with van der Waals surface area (Å²) in [4.78, 5) is 20.2. The Morgan fingerprint density at radius 1 is 1.60 bits per heavy atom. The average molecular weight is 146 g/mol. The number of hydrogen-bond donors (Lipinski definition) is 2. The SMILES string of the molecule is COCNC(=O)NCC=O. The molecular formula is C5H10N2O3. The maximum atomic E-state index is 10.5. The topological polar surface area (TPSA) is 67.4 Å². The second-order valence-corrected chi connectivity index (χ2v) is 1.49. The van der Waals surface area contributed by atoms with E-state index in [-0.39, 0.29) is 13.3 Å². The number of nitrogens with one attached hydrogen (secondary N) is 2. The van der Waals surface area contributed by atoms with Gasteiger partial charge in [-0.05, 0) is 0 Å². The monoisotopic (exact) mass is 146 g/mol. The number of carbonyl (C=O) groups is 2. The molecule has 0 aliphatic heterocycles. The van der Waals surface area contributed by atoms with E-state index in [9.17, 15) is 9.59 Å². The summed E-state index contributed by atoms with van der Waals surface area (Å²) < 4.78 is 4.53. The van der Waals surface area contributed by atoms with Crippen LogP contribution in [0.2, 0.25) is 0 Å². The molecule has 0 bridgehead atoms. The van der Waals surface area contributed by atoms with E-state index in [0.717, 1.165) is 0 Å². The van der Waals surface area contributed by atoms with Gasteiger partial charge in [-0.25, -0.2) is 4.79 Å². The Labute approximate surface area is 58.7 Å². The minimum Gasteiger partial charge on any atom is -0.364 e. The third-order valence-electron chi connectivity index (χ3n) is 0.723. The van der Waals surface area contributed by atoms with Crippen LogP contribution in [0.25, 0.3) is 0 Å². The third kappa shape index (κ3) is 5.04. The van der Waals surface area contributed by atoms with E-state index in [4.69, 9.17) is 0 Å². The van der Waals surface area contributed by atoms with Crippen LogP contribution in [-0.2, 0) is 9.53 Å². The van der Waals surface area contributed by atoms with Gasteiger partial charge in [0.1, 0.15) is 13.0 Å². The number of aldehydes is 1. The quantitative estimate of drug-likeness (QED) is 0.398. The van der Waals surface area contributed by atoms with Gasteiger partial charge in [-0.15, -0.1) is 0 Å². The van der Waals surface area contributed by atoms with E-state index >= 15 is 0 Å². The van der Waals surface area contributed by atoms with Gasteiger partial charge in [-0.3, -0.25) is 0 Å². The van der Waals surface area contributed by atoms with E-state index in [1.807, 2.05) is 0 Å². The van der Waals surface area contributed by atoms with E-state index in [1.165, 1.54) is 7.11 Å². The molecule has 0 heterocycles. The molecule has 0 spiro atoms. The molecule has 0 rings (SSSR count). The number of amides is 2. The second-order valence-electron chi connectivity index (χ2n) is 1.49. The first kappa shape index (κ1) is 8.90. The molecular weight excluding hydrogens is 136 g/mol. The first-order valence-corrected chi connectivity index (χ1v) is 2.75. The molecule has 0 unspecified atom stereocenters. The summed E-state index contributed by atoms with van der Waals surface area (Å²) in [5.41, 5.74) is 0. The van der Waals surface area contributed by atoms with Crippen molar-refractivity contribution in [2.75, 3.05) is 20.4 Å². The minimum atomic E-state index is -0.408. The Balaban J connectivity index is 3.16. The molecule has 5 nitrogen and oxygen atoms in total. The highest BCUT2D eigenvalue weighted by atomic mass is 16.5. The van der Waals surface area contributed by atoms with Crippen LogP contribution in [0.1, 0.15) is 0 Å². The van der Waals surface area contributed by atoms with Gasteiger partial charge >= 0.3 is 6.03 Å². The van der Waals surface area contributed by atoms with Crippen LogP contribution in [0, 0.1) is 0 Å². The molecule has 0 aromatic heterocycles. The highest BCUT2D eigenvalue weighted by Crippen LogP contribution is 1.62. The molecule has 0 aliphatic carbocycles. The van der Waals surface area contributed by atoms with E-state index < -0.39 is 6.03 Å². The average Bonchev–Trinajstić information content (AvgIpc) is 1.97. The molecule has 0 saturated carbocycles. The lowest BCUT2D eigenvalue weighted by Crippen LogP contribution is -2.37. The number of rotatable bonds is 4. The zero-order valence-electron chi connectivity index (χ0n) is 5.72. The second kappa shape index (κ2) is 6.03. The summed E-state index contributed by atoms with van der Waals surface area (Å²) in [5, 5.41) is 4.61. The molecule has 0 saturated heterocycles. The van der Waals surface area contributed by atoms with Gasteiger partial charge in [0.25, 0.3) is 0 Å². The molecule has 0 aliphatic rings. The van der Waals surface area contributed by atoms with Crippen LogP contribution in [0.5, 0.6) is 0 Å². The van der Waals surface area contributed by atoms with Crippen LogP contribution in [0.15, 0.2) is 0 Å². The van der Waals surface area contributed by atoms with Crippen molar-refractivity contribution in [1.82, 2.24) is 10.6 Å². The predicted octanol–water partition coefficient (Wildman–Crippen LogP) is -0.912. The van der Waals surface area contributed by atoms with Crippen molar-refractivity contribution in [3.63, 3.8) is 0 Å². The first-order valence-electron chi connectivity index (χ1n) is 2.75. The van der Waals surface area contributed by atoms with Gasteiger partial charge < -0.3 is 20.2 Å².